The van der Waals surface area contributed by atoms with Gasteiger partial charge in [0.25, 0.3) is 5.91 Å². The third kappa shape index (κ3) is 4.09. The normalized spacial score (nSPS) is 13.3. The van der Waals surface area contributed by atoms with Crippen LogP contribution in [0.1, 0.15) is 21.5 Å². The fourth-order valence-corrected chi connectivity index (χ4v) is 4.63. The SMILES string of the molecule is O=C(c1ccc(Cl)cc1)N1CCc2ccc(CNS(=O)(=O)c3ccccc3F)cc21. The third-order valence-corrected chi connectivity index (χ3v) is 6.66. The molecule has 0 aliphatic carbocycles. The molecule has 0 spiro atoms. The number of nitrogens with zero attached hydrogens (tertiary/aromatic N) is 1. The quantitative estimate of drug-likeness (QED) is 0.642. The van der Waals surface area contributed by atoms with E-state index in [0.29, 0.717) is 22.7 Å². The van der Waals surface area contributed by atoms with Gasteiger partial charge in [-0.25, -0.2) is 17.5 Å². The molecule has 30 heavy (non-hydrogen) atoms. The van der Waals surface area contributed by atoms with Gasteiger partial charge in [0.15, 0.2) is 0 Å². The standard InChI is InChI=1S/C22H18ClFN2O3S/c23-18-9-7-17(8-10-18)22(27)26-12-11-16-6-5-15(13-20(16)26)14-25-30(28,29)21-4-2-1-3-19(21)24/h1-10,13,25H,11-12,14H2. The summed E-state index contributed by atoms with van der Waals surface area (Å²) in [5.74, 6) is -0.951. The molecule has 0 aromatic heterocycles. The molecule has 1 aliphatic heterocycles. The number of carbonyl (C=O) groups is 1. The number of fused-ring (bicyclic) bond motifs is 1. The van der Waals surface area contributed by atoms with Gasteiger partial charge in [-0.3, -0.25) is 4.79 Å². The minimum Gasteiger partial charge on any atom is -0.308 e. The van der Waals surface area contributed by atoms with E-state index in [1.165, 1.54) is 18.2 Å². The van der Waals surface area contributed by atoms with E-state index in [1.807, 2.05) is 6.07 Å². The maximum Gasteiger partial charge on any atom is 0.258 e. The average Bonchev–Trinajstić information content (AvgIpc) is 3.16. The first-order valence-corrected chi connectivity index (χ1v) is 11.1. The minimum atomic E-state index is -4.00. The van der Waals surface area contributed by atoms with Gasteiger partial charge in [-0.05, 0) is 60.0 Å². The van der Waals surface area contributed by atoms with Crippen molar-refractivity contribution in [1.29, 1.82) is 0 Å². The van der Waals surface area contributed by atoms with E-state index < -0.39 is 20.7 Å². The van der Waals surface area contributed by atoms with Crippen molar-refractivity contribution in [3.8, 4) is 0 Å². The van der Waals surface area contributed by atoms with E-state index in [0.717, 1.165) is 23.7 Å². The highest BCUT2D eigenvalue weighted by Gasteiger charge is 2.26. The Morgan fingerprint density at radius 3 is 2.53 bits per heavy atom. The van der Waals surface area contributed by atoms with Crippen molar-refractivity contribution >= 4 is 33.2 Å². The van der Waals surface area contributed by atoms with Gasteiger partial charge in [0.05, 0.1) is 0 Å². The number of rotatable bonds is 5. The molecular weight excluding hydrogens is 427 g/mol. The van der Waals surface area contributed by atoms with Gasteiger partial charge >= 0.3 is 0 Å². The van der Waals surface area contributed by atoms with Gasteiger partial charge < -0.3 is 4.90 Å². The lowest BCUT2D eigenvalue weighted by molar-refractivity contribution is 0.0989. The first kappa shape index (κ1) is 20.5. The van der Waals surface area contributed by atoms with E-state index in [1.54, 1.807) is 41.3 Å². The van der Waals surface area contributed by atoms with Crippen LogP contribution in [0.2, 0.25) is 5.02 Å². The summed E-state index contributed by atoms with van der Waals surface area (Å²) in [6, 6.07) is 17.4. The number of anilines is 1. The van der Waals surface area contributed by atoms with E-state index >= 15 is 0 Å². The van der Waals surface area contributed by atoms with Crippen LogP contribution in [-0.4, -0.2) is 20.9 Å². The summed E-state index contributed by atoms with van der Waals surface area (Å²) in [6.07, 6.45) is 0.718. The number of amides is 1. The van der Waals surface area contributed by atoms with Gasteiger partial charge in [0.1, 0.15) is 10.7 Å². The number of halogens is 2. The van der Waals surface area contributed by atoms with Gasteiger partial charge in [0.2, 0.25) is 10.0 Å². The predicted molar refractivity (Wildman–Crippen MR) is 114 cm³/mol. The highest BCUT2D eigenvalue weighted by molar-refractivity contribution is 7.89. The molecule has 1 amide bonds. The molecule has 0 saturated carbocycles. The van der Waals surface area contributed by atoms with Gasteiger partial charge in [-0.15, -0.1) is 0 Å². The van der Waals surface area contributed by atoms with Crippen molar-refractivity contribution < 1.29 is 17.6 Å². The fourth-order valence-electron chi connectivity index (χ4n) is 3.41. The molecule has 0 radical (unpaired) electrons. The van der Waals surface area contributed by atoms with Crippen molar-refractivity contribution in [2.75, 3.05) is 11.4 Å². The second-order valence-corrected chi connectivity index (χ2v) is 9.10. The van der Waals surface area contributed by atoms with Crippen LogP contribution < -0.4 is 9.62 Å². The van der Waals surface area contributed by atoms with E-state index in [4.69, 9.17) is 11.6 Å². The lowest BCUT2D eigenvalue weighted by Gasteiger charge is -2.18. The highest BCUT2D eigenvalue weighted by Crippen LogP contribution is 2.31. The van der Waals surface area contributed by atoms with E-state index in [9.17, 15) is 17.6 Å². The van der Waals surface area contributed by atoms with Crippen LogP contribution in [0, 0.1) is 5.82 Å². The summed E-state index contributed by atoms with van der Waals surface area (Å²) in [4.78, 5) is 14.2. The first-order chi connectivity index (χ1) is 14.3. The monoisotopic (exact) mass is 444 g/mol. The number of hydrogen-bond acceptors (Lipinski definition) is 3. The van der Waals surface area contributed by atoms with Crippen LogP contribution >= 0.6 is 11.6 Å². The zero-order chi connectivity index (χ0) is 21.3. The number of hydrogen-bond donors (Lipinski definition) is 1. The zero-order valence-corrected chi connectivity index (χ0v) is 17.4. The van der Waals surface area contributed by atoms with Crippen LogP contribution in [0.5, 0.6) is 0 Å². The summed E-state index contributed by atoms with van der Waals surface area (Å²) < 4.78 is 41.1. The summed E-state index contributed by atoms with van der Waals surface area (Å²) in [7, 11) is -4.00. The van der Waals surface area contributed by atoms with E-state index in [-0.39, 0.29) is 12.5 Å². The highest BCUT2D eigenvalue weighted by atomic mass is 35.5. The molecular formula is C22H18ClFN2O3S. The summed E-state index contributed by atoms with van der Waals surface area (Å²) >= 11 is 5.90. The molecule has 0 saturated heterocycles. The lowest BCUT2D eigenvalue weighted by Crippen LogP contribution is -2.29. The Kier molecular flexibility index (Phi) is 5.60. The molecule has 0 fully saturated rings. The Morgan fingerprint density at radius 2 is 1.80 bits per heavy atom. The molecule has 0 unspecified atom stereocenters. The smallest absolute Gasteiger partial charge is 0.258 e. The lowest BCUT2D eigenvalue weighted by atomic mass is 10.1. The molecule has 1 heterocycles. The van der Waals surface area contributed by atoms with Crippen LogP contribution in [0.25, 0.3) is 0 Å². The zero-order valence-electron chi connectivity index (χ0n) is 15.8. The Balaban J connectivity index is 1.54. The Labute approximate surface area is 179 Å². The number of carbonyl (C=O) groups excluding carboxylic acids is 1. The maximum absolute atomic E-state index is 13.8. The van der Waals surface area contributed by atoms with Crippen molar-refractivity contribution in [3.05, 3.63) is 94.3 Å². The molecule has 4 rings (SSSR count). The maximum atomic E-state index is 13.8. The molecule has 1 N–H and O–H groups in total. The number of sulfonamides is 1. The number of benzene rings is 3. The van der Waals surface area contributed by atoms with Crippen LogP contribution in [0.15, 0.2) is 71.6 Å². The van der Waals surface area contributed by atoms with E-state index in [2.05, 4.69) is 4.72 Å². The first-order valence-electron chi connectivity index (χ1n) is 9.28. The van der Waals surface area contributed by atoms with Gasteiger partial charge in [0, 0.05) is 29.4 Å². The Hall–Kier alpha value is -2.74. The van der Waals surface area contributed by atoms with Crippen molar-refractivity contribution in [2.24, 2.45) is 0 Å². The van der Waals surface area contributed by atoms with Crippen LogP contribution in [-0.2, 0) is 23.0 Å². The molecule has 8 heteroatoms. The van der Waals surface area contributed by atoms with Gasteiger partial charge in [-0.2, -0.15) is 0 Å². The largest absolute Gasteiger partial charge is 0.308 e. The fraction of sp³-hybridized carbons (Fsp3) is 0.136. The molecule has 3 aromatic rings. The molecule has 5 nitrogen and oxygen atoms in total. The second-order valence-electron chi connectivity index (χ2n) is 6.93. The average molecular weight is 445 g/mol. The minimum absolute atomic E-state index is 0.0209. The van der Waals surface area contributed by atoms with Gasteiger partial charge in [-0.1, -0.05) is 35.9 Å². The van der Waals surface area contributed by atoms with Crippen molar-refractivity contribution in [1.82, 2.24) is 4.72 Å². The summed E-state index contributed by atoms with van der Waals surface area (Å²) in [5.41, 5.74) is 2.96. The van der Waals surface area contributed by atoms with Crippen LogP contribution in [0.4, 0.5) is 10.1 Å². The topological polar surface area (TPSA) is 66.5 Å². The predicted octanol–water partition coefficient (Wildman–Crippen LogP) is 4.16. The molecule has 3 aromatic carbocycles. The molecule has 0 atom stereocenters. The second kappa shape index (κ2) is 8.18. The molecule has 154 valence electrons. The molecule has 1 aliphatic rings. The number of nitrogens with one attached hydrogen (secondary N) is 1. The van der Waals surface area contributed by atoms with Crippen molar-refractivity contribution in [2.45, 2.75) is 17.9 Å². The third-order valence-electron chi connectivity index (χ3n) is 4.97. The van der Waals surface area contributed by atoms with Crippen molar-refractivity contribution in [3.63, 3.8) is 0 Å². The van der Waals surface area contributed by atoms with Crippen LogP contribution in [0.3, 0.4) is 0 Å². The molecule has 0 bridgehead atoms. The Bertz CT molecular complexity index is 1210. The Morgan fingerprint density at radius 1 is 1.07 bits per heavy atom. The summed E-state index contributed by atoms with van der Waals surface area (Å²) in [5, 5.41) is 0.554. The summed E-state index contributed by atoms with van der Waals surface area (Å²) in [6.45, 7) is 0.522.